The Labute approximate surface area is 119 Å². The molecule has 1 aliphatic heterocycles. The number of likely N-dealkylation sites (N-methyl/N-ethyl adjacent to an activating group) is 1. The standard InChI is InChI=1S/C17H20N2O/c1-19(2)17(20)16-15(9-10-18-16)14-8-7-12-5-3-4-6-13(12)11-14/h3-8,11,15-16,18H,9-10H2,1-2H3. The number of fused-ring (bicyclic) bond motifs is 1. The van der Waals surface area contributed by atoms with Gasteiger partial charge in [0.1, 0.15) is 0 Å². The van der Waals surface area contributed by atoms with Crippen LogP contribution < -0.4 is 5.32 Å². The summed E-state index contributed by atoms with van der Waals surface area (Å²) in [5.74, 6) is 0.440. The monoisotopic (exact) mass is 268 g/mol. The van der Waals surface area contributed by atoms with Gasteiger partial charge in [-0.15, -0.1) is 0 Å². The number of amides is 1. The number of carbonyl (C=O) groups excluding carboxylic acids is 1. The Morgan fingerprint density at radius 3 is 2.65 bits per heavy atom. The molecule has 1 heterocycles. The topological polar surface area (TPSA) is 32.3 Å². The van der Waals surface area contributed by atoms with Crippen LogP contribution in [0.2, 0.25) is 0 Å². The van der Waals surface area contributed by atoms with Gasteiger partial charge in [-0.3, -0.25) is 4.79 Å². The highest BCUT2D eigenvalue weighted by atomic mass is 16.2. The average molecular weight is 268 g/mol. The molecule has 3 nitrogen and oxygen atoms in total. The lowest BCUT2D eigenvalue weighted by Gasteiger charge is -2.22. The highest BCUT2D eigenvalue weighted by molar-refractivity contribution is 5.85. The highest BCUT2D eigenvalue weighted by Crippen LogP contribution is 2.30. The predicted octanol–water partition coefficient (Wildman–Crippen LogP) is 2.37. The SMILES string of the molecule is CN(C)C(=O)C1NCCC1c1ccc2ccccc2c1. The second kappa shape index (κ2) is 5.25. The molecule has 20 heavy (non-hydrogen) atoms. The van der Waals surface area contributed by atoms with Crippen molar-refractivity contribution in [3.05, 3.63) is 48.0 Å². The molecule has 1 N–H and O–H groups in total. The molecule has 0 spiro atoms. The zero-order valence-corrected chi connectivity index (χ0v) is 12.0. The van der Waals surface area contributed by atoms with E-state index < -0.39 is 0 Å². The smallest absolute Gasteiger partial charge is 0.239 e. The van der Waals surface area contributed by atoms with Crippen LogP contribution in [0.25, 0.3) is 10.8 Å². The number of hydrogen-bond donors (Lipinski definition) is 1. The minimum atomic E-state index is -0.0915. The molecule has 0 aliphatic carbocycles. The number of nitrogens with zero attached hydrogens (tertiary/aromatic N) is 1. The van der Waals surface area contributed by atoms with E-state index in [2.05, 4.69) is 47.8 Å². The van der Waals surface area contributed by atoms with E-state index in [1.807, 2.05) is 14.1 Å². The molecular formula is C17H20N2O. The lowest BCUT2D eigenvalue weighted by atomic mass is 9.90. The van der Waals surface area contributed by atoms with Crippen molar-refractivity contribution >= 4 is 16.7 Å². The van der Waals surface area contributed by atoms with Crippen LogP contribution in [0.1, 0.15) is 17.9 Å². The molecular weight excluding hydrogens is 248 g/mol. The van der Waals surface area contributed by atoms with Gasteiger partial charge in [-0.2, -0.15) is 0 Å². The van der Waals surface area contributed by atoms with Gasteiger partial charge in [0.05, 0.1) is 6.04 Å². The Balaban J connectivity index is 1.95. The average Bonchev–Trinajstić information content (AvgIpc) is 2.95. The van der Waals surface area contributed by atoms with E-state index in [1.54, 1.807) is 4.90 Å². The summed E-state index contributed by atoms with van der Waals surface area (Å²) in [6.45, 7) is 0.905. The molecule has 2 unspecified atom stereocenters. The Kier molecular flexibility index (Phi) is 3.45. The Hall–Kier alpha value is -1.87. The molecule has 1 fully saturated rings. The van der Waals surface area contributed by atoms with Crippen molar-refractivity contribution in [1.29, 1.82) is 0 Å². The van der Waals surface area contributed by atoms with Gasteiger partial charge in [-0.25, -0.2) is 0 Å². The first-order valence-corrected chi connectivity index (χ1v) is 7.10. The highest BCUT2D eigenvalue weighted by Gasteiger charge is 2.34. The van der Waals surface area contributed by atoms with E-state index in [1.165, 1.54) is 16.3 Å². The van der Waals surface area contributed by atoms with Crippen LogP contribution in [-0.4, -0.2) is 37.5 Å². The fourth-order valence-electron chi connectivity index (χ4n) is 3.04. The Morgan fingerprint density at radius 2 is 1.90 bits per heavy atom. The van der Waals surface area contributed by atoms with Crippen LogP contribution in [0.5, 0.6) is 0 Å². The molecule has 1 aliphatic rings. The van der Waals surface area contributed by atoms with Gasteiger partial charge in [0.2, 0.25) is 5.91 Å². The van der Waals surface area contributed by atoms with Gasteiger partial charge in [-0.05, 0) is 29.3 Å². The zero-order chi connectivity index (χ0) is 14.1. The van der Waals surface area contributed by atoms with Crippen molar-refractivity contribution in [3.8, 4) is 0 Å². The molecule has 3 heteroatoms. The summed E-state index contributed by atoms with van der Waals surface area (Å²) in [7, 11) is 3.64. The van der Waals surface area contributed by atoms with Crippen LogP contribution >= 0.6 is 0 Å². The van der Waals surface area contributed by atoms with Gasteiger partial charge in [-0.1, -0.05) is 42.5 Å². The summed E-state index contributed by atoms with van der Waals surface area (Å²) in [5, 5.41) is 5.83. The van der Waals surface area contributed by atoms with E-state index in [4.69, 9.17) is 0 Å². The molecule has 104 valence electrons. The van der Waals surface area contributed by atoms with Crippen LogP contribution in [-0.2, 0) is 4.79 Å². The summed E-state index contributed by atoms with van der Waals surface area (Å²) < 4.78 is 0. The second-order valence-electron chi connectivity index (χ2n) is 5.67. The lowest BCUT2D eigenvalue weighted by Crippen LogP contribution is -2.42. The molecule has 3 rings (SSSR count). The maximum atomic E-state index is 12.3. The fourth-order valence-corrected chi connectivity index (χ4v) is 3.04. The number of nitrogens with one attached hydrogen (secondary N) is 1. The zero-order valence-electron chi connectivity index (χ0n) is 12.0. The van der Waals surface area contributed by atoms with Crippen molar-refractivity contribution in [2.75, 3.05) is 20.6 Å². The van der Waals surface area contributed by atoms with Gasteiger partial charge in [0.15, 0.2) is 0 Å². The van der Waals surface area contributed by atoms with Gasteiger partial charge in [0, 0.05) is 20.0 Å². The first kappa shape index (κ1) is 13.1. The van der Waals surface area contributed by atoms with E-state index in [0.29, 0.717) is 0 Å². The largest absolute Gasteiger partial charge is 0.347 e. The van der Waals surface area contributed by atoms with Gasteiger partial charge >= 0.3 is 0 Å². The normalized spacial score (nSPS) is 22.1. The first-order valence-electron chi connectivity index (χ1n) is 7.10. The Morgan fingerprint density at radius 1 is 1.15 bits per heavy atom. The third kappa shape index (κ3) is 2.29. The minimum Gasteiger partial charge on any atom is -0.347 e. The fraction of sp³-hybridized carbons (Fsp3) is 0.353. The third-order valence-corrected chi connectivity index (χ3v) is 4.13. The summed E-state index contributed by atoms with van der Waals surface area (Å²) >= 11 is 0. The summed E-state index contributed by atoms with van der Waals surface area (Å²) in [5.41, 5.74) is 1.26. The second-order valence-corrected chi connectivity index (χ2v) is 5.67. The van der Waals surface area contributed by atoms with Crippen molar-refractivity contribution in [1.82, 2.24) is 10.2 Å². The molecule has 2 aromatic rings. The number of benzene rings is 2. The molecule has 2 atom stereocenters. The van der Waals surface area contributed by atoms with Crippen molar-refractivity contribution in [3.63, 3.8) is 0 Å². The van der Waals surface area contributed by atoms with Crippen molar-refractivity contribution in [2.45, 2.75) is 18.4 Å². The Bertz CT molecular complexity index is 636. The van der Waals surface area contributed by atoms with Crippen LogP contribution in [0.3, 0.4) is 0 Å². The minimum absolute atomic E-state index is 0.0915. The molecule has 0 bridgehead atoms. The van der Waals surface area contributed by atoms with Gasteiger partial charge < -0.3 is 10.2 Å². The third-order valence-electron chi connectivity index (χ3n) is 4.13. The van der Waals surface area contributed by atoms with E-state index in [9.17, 15) is 4.79 Å². The first-order chi connectivity index (χ1) is 9.66. The summed E-state index contributed by atoms with van der Waals surface area (Å²) in [4.78, 5) is 13.9. The lowest BCUT2D eigenvalue weighted by molar-refractivity contribution is -0.130. The predicted molar refractivity (Wildman–Crippen MR) is 81.8 cm³/mol. The maximum Gasteiger partial charge on any atom is 0.239 e. The molecule has 0 saturated carbocycles. The molecule has 1 amide bonds. The van der Waals surface area contributed by atoms with Crippen molar-refractivity contribution < 1.29 is 4.79 Å². The molecule has 0 radical (unpaired) electrons. The van der Waals surface area contributed by atoms with E-state index >= 15 is 0 Å². The number of carbonyl (C=O) groups is 1. The molecule has 2 aromatic carbocycles. The summed E-state index contributed by atoms with van der Waals surface area (Å²) in [6, 6.07) is 14.8. The van der Waals surface area contributed by atoms with Gasteiger partial charge in [0.25, 0.3) is 0 Å². The molecule has 1 saturated heterocycles. The van der Waals surface area contributed by atoms with E-state index in [-0.39, 0.29) is 17.9 Å². The number of rotatable bonds is 2. The van der Waals surface area contributed by atoms with Crippen molar-refractivity contribution in [2.24, 2.45) is 0 Å². The number of hydrogen-bond acceptors (Lipinski definition) is 2. The maximum absolute atomic E-state index is 12.3. The van der Waals surface area contributed by atoms with Crippen LogP contribution in [0, 0.1) is 0 Å². The quantitative estimate of drug-likeness (QED) is 0.907. The van der Waals surface area contributed by atoms with Crippen LogP contribution in [0.4, 0.5) is 0 Å². The molecule has 0 aromatic heterocycles. The van der Waals surface area contributed by atoms with E-state index in [0.717, 1.165) is 13.0 Å². The summed E-state index contributed by atoms with van der Waals surface area (Å²) in [6.07, 6.45) is 1.02. The van der Waals surface area contributed by atoms with Crippen LogP contribution in [0.15, 0.2) is 42.5 Å².